The van der Waals surface area contributed by atoms with E-state index in [4.69, 9.17) is 15.3 Å². The van der Waals surface area contributed by atoms with Crippen molar-refractivity contribution in [2.45, 2.75) is 18.8 Å². The van der Waals surface area contributed by atoms with Crippen LogP contribution in [0, 0.1) is 0 Å². The first kappa shape index (κ1) is 12.2. The van der Waals surface area contributed by atoms with Crippen LogP contribution >= 0.6 is 0 Å². The molecule has 7 nitrogen and oxygen atoms in total. The summed E-state index contributed by atoms with van der Waals surface area (Å²) in [5, 5.41) is 3.25. The van der Waals surface area contributed by atoms with E-state index in [0.29, 0.717) is 17.6 Å². The number of fused-ring (bicyclic) bond motifs is 1. The maximum absolute atomic E-state index is 5.47. The minimum Gasteiger partial charge on any atom is -0.454 e. The lowest BCUT2D eigenvalue weighted by Gasteiger charge is -2.10. The van der Waals surface area contributed by atoms with Crippen molar-refractivity contribution in [3.05, 3.63) is 30.1 Å². The third-order valence-electron chi connectivity index (χ3n) is 3.48. The van der Waals surface area contributed by atoms with Crippen molar-refractivity contribution < 1.29 is 9.47 Å². The van der Waals surface area contributed by atoms with E-state index in [1.54, 1.807) is 6.07 Å². The Morgan fingerprint density at radius 3 is 2.67 bits per heavy atom. The summed E-state index contributed by atoms with van der Waals surface area (Å²) < 4.78 is 10.7. The van der Waals surface area contributed by atoms with Gasteiger partial charge in [0.2, 0.25) is 6.79 Å². The number of nitrogens with one attached hydrogen (secondary N) is 2. The number of anilines is 3. The third kappa shape index (κ3) is 2.43. The predicted octanol–water partition coefficient (Wildman–Crippen LogP) is 2.11. The van der Waals surface area contributed by atoms with Crippen LogP contribution in [0.2, 0.25) is 0 Å². The fourth-order valence-electron chi connectivity index (χ4n) is 2.25. The van der Waals surface area contributed by atoms with Crippen LogP contribution in [0.3, 0.4) is 0 Å². The molecule has 2 aliphatic rings. The molecule has 0 radical (unpaired) electrons. The van der Waals surface area contributed by atoms with Gasteiger partial charge in [-0.1, -0.05) is 0 Å². The molecule has 1 aliphatic heterocycles. The van der Waals surface area contributed by atoms with E-state index in [2.05, 4.69) is 20.7 Å². The molecular formula is C14H15N5O2. The SMILES string of the molecule is NNc1cc(Nc2ccc3c(c2)OCO3)nc(C2CC2)n1. The number of nitrogens with zero attached hydrogens (tertiary/aromatic N) is 2. The minimum atomic E-state index is 0.263. The van der Waals surface area contributed by atoms with Crippen molar-refractivity contribution in [3.8, 4) is 11.5 Å². The van der Waals surface area contributed by atoms with Crippen molar-refractivity contribution in [2.75, 3.05) is 17.5 Å². The Kier molecular flexibility index (Phi) is 2.78. The van der Waals surface area contributed by atoms with Crippen LogP contribution in [0.5, 0.6) is 11.5 Å². The number of nitrogens with two attached hydrogens (primary N) is 1. The topological polar surface area (TPSA) is 94.3 Å². The Hall–Kier alpha value is -2.54. The Labute approximate surface area is 121 Å². The van der Waals surface area contributed by atoms with E-state index in [1.807, 2.05) is 18.2 Å². The van der Waals surface area contributed by atoms with E-state index < -0.39 is 0 Å². The van der Waals surface area contributed by atoms with Gasteiger partial charge in [0.1, 0.15) is 17.5 Å². The molecule has 0 saturated heterocycles. The fraction of sp³-hybridized carbons (Fsp3) is 0.286. The summed E-state index contributed by atoms with van der Waals surface area (Å²) in [4.78, 5) is 8.92. The number of ether oxygens (including phenoxy) is 2. The summed E-state index contributed by atoms with van der Waals surface area (Å²) in [6, 6.07) is 7.45. The molecule has 2 aromatic rings. The second-order valence-electron chi connectivity index (χ2n) is 5.11. The van der Waals surface area contributed by atoms with Gasteiger partial charge in [0.25, 0.3) is 0 Å². The van der Waals surface area contributed by atoms with Crippen LogP contribution in [0.4, 0.5) is 17.3 Å². The molecule has 1 fully saturated rings. The van der Waals surface area contributed by atoms with E-state index in [9.17, 15) is 0 Å². The zero-order valence-electron chi connectivity index (χ0n) is 11.3. The van der Waals surface area contributed by atoms with Crippen molar-refractivity contribution in [1.82, 2.24) is 9.97 Å². The van der Waals surface area contributed by atoms with Gasteiger partial charge in [0, 0.05) is 23.7 Å². The van der Waals surface area contributed by atoms with Crippen LogP contribution in [-0.4, -0.2) is 16.8 Å². The van der Waals surface area contributed by atoms with Crippen LogP contribution in [0.25, 0.3) is 0 Å². The number of hydrogen-bond acceptors (Lipinski definition) is 7. The molecule has 1 aliphatic carbocycles. The first-order valence-corrected chi connectivity index (χ1v) is 6.84. The smallest absolute Gasteiger partial charge is 0.231 e. The van der Waals surface area contributed by atoms with Crippen LogP contribution in [0.1, 0.15) is 24.6 Å². The van der Waals surface area contributed by atoms with Gasteiger partial charge >= 0.3 is 0 Å². The average molecular weight is 285 g/mol. The summed E-state index contributed by atoms with van der Waals surface area (Å²) >= 11 is 0. The zero-order valence-corrected chi connectivity index (χ0v) is 11.3. The summed E-state index contributed by atoms with van der Waals surface area (Å²) in [6.45, 7) is 0.263. The van der Waals surface area contributed by atoms with Gasteiger partial charge in [0.05, 0.1) is 0 Å². The van der Waals surface area contributed by atoms with Crippen LogP contribution < -0.4 is 26.1 Å². The quantitative estimate of drug-likeness (QED) is 0.585. The highest BCUT2D eigenvalue weighted by atomic mass is 16.7. The highest BCUT2D eigenvalue weighted by Crippen LogP contribution is 2.39. The van der Waals surface area contributed by atoms with Gasteiger partial charge in [-0.2, -0.15) is 0 Å². The molecule has 108 valence electrons. The summed E-state index contributed by atoms with van der Waals surface area (Å²) in [5.74, 6) is 9.55. The second kappa shape index (κ2) is 4.78. The second-order valence-corrected chi connectivity index (χ2v) is 5.11. The highest BCUT2D eigenvalue weighted by molar-refractivity contribution is 5.63. The van der Waals surface area contributed by atoms with E-state index >= 15 is 0 Å². The summed E-state index contributed by atoms with van der Waals surface area (Å²) in [6.07, 6.45) is 2.27. The van der Waals surface area contributed by atoms with E-state index in [-0.39, 0.29) is 6.79 Å². The predicted molar refractivity (Wildman–Crippen MR) is 77.7 cm³/mol. The number of aromatic nitrogens is 2. The maximum atomic E-state index is 5.47. The Bertz CT molecular complexity index is 687. The molecule has 0 amide bonds. The monoisotopic (exact) mass is 285 g/mol. The molecule has 4 rings (SSSR count). The molecule has 0 unspecified atom stereocenters. The van der Waals surface area contributed by atoms with E-state index in [0.717, 1.165) is 35.9 Å². The van der Waals surface area contributed by atoms with Gasteiger partial charge in [-0.05, 0) is 25.0 Å². The average Bonchev–Trinajstić information content (AvgIpc) is 3.25. The number of hydrogen-bond donors (Lipinski definition) is 3. The first-order valence-electron chi connectivity index (χ1n) is 6.84. The normalized spacial score (nSPS) is 15.9. The van der Waals surface area contributed by atoms with E-state index in [1.165, 1.54) is 0 Å². The molecule has 0 bridgehead atoms. The van der Waals surface area contributed by atoms with Crippen LogP contribution in [-0.2, 0) is 0 Å². The molecule has 1 aromatic carbocycles. The standard InChI is InChI=1S/C14H15N5O2/c15-19-13-6-12(17-14(18-13)8-1-2-8)16-9-3-4-10-11(5-9)21-7-20-10/h3-6,8H,1-2,7,15H2,(H2,16,17,18,19). The lowest BCUT2D eigenvalue weighted by Crippen LogP contribution is -2.11. The first-order chi connectivity index (χ1) is 10.3. The largest absolute Gasteiger partial charge is 0.454 e. The number of benzene rings is 1. The number of nitrogen functional groups attached to an aromatic ring is 1. The zero-order chi connectivity index (χ0) is 14.2. The van der Waals surface area contributed by atoms with Crippen molar-refractivity contribution in [2.24, 2.45) is 5.84 Å². The highest BCUT2D eigenvalue weighted by Gasteiger charge is 2.27. The molecule has 1 saturated carbocycles. The maximum Gasteiger partial charge on any atom is 0.231 e. The Morgan fingerprint density at radius 2 is 1.86 bits per heavy atom. The van der Waals surface area contributed by atoms with Crippen LogP contribution in [0.15, 0.2) is 24.3 Å². The lowest BCUT2D eigenvalue weighted by molar-refractivity contribution is 0.174. The van der Waals surface area contributed by atoms with Gasteiger partial charge < -0.3 is 20.2 Å². The molecule has 0 atom stereocenters. The molecular weight excluding hydrogens is 270 g/mol. The van der Waals surface area contributed by atoms with Gasteiger partial charge in [-0.3, -0.25) is 0 Å². The molecule has 0 spiro atoms. The molecule has 7 heteroatoms. The van der Waals surface area contributed by atoms with Crippen molar-refractivity contribution in [1.29, 1.82) is 0 Å². The number of rotatable bonds is 4. The summed E-state index contributed by atoms with van der Waals surface area (Å²) in [7, 11) is 0. The Balaban J connectivity index is 1.62. The molecule has 2 heterocycles. The third-order valence-corrected chi connectivity index (χ3v) is 3.48. The lowest BCUT2D eigenvalue weighted by atomic mass is 10.2. The van der Waals surface area contributed by atoms with Crippen molar-refractivity contribution >= 4 is 17.3 Å². The summed E-state index contributed by atoms with van der Waals surface area (Å²) in [5.41, 5.74) is 3.46. The fourth-order valence-corrected chi connectivity index (χ4v) is 2.25. The van der Waals surface area contributed by atoms with Crippen molar-refractivity contribution in [3.63, 3.8) is 0 Å². The molecule has 1 aromatic heterocycles. The van der Waals surface area contributed by atoms with Gasteiger partial charge in [-0.15, -0.1) is 0 Å². The minimum absolute atomic E-state index is 0.263. The Morgan fingerprint density at radius 1 is 1.05 bits per heavy atom. The molecule has 4 N–H and O–H groups in total. The van der Waals surface area contributed by atoms with Gasteiger partial charge in [0.15, 0.2) is 11.5 Å². The molecule has 21 heavy (non-hydrogen) atoms. The van der Waals surface area contributed by atoms with Gasteiger partial charge in [-0.25, -0.2) is 15.8 Å². The number of hydrazine groups is 1.